The van der Waals surface area contributed by atoms with Crippen LogP contribution in [0.1, 0.15) is 13.3 Å². The molecule has 0 aromatic heterocycles. The zero-order valence-corrected chi connectivity index (χ0v) is 12.9. The van der Waals surface area contributed by atoms with E-state index in [2.05, 4.69) is 6.07 Å². The lowest BCUT2D eigenvalue weighted by atomic mass is 10.3. The van der Waals surface area contributed by atoms with Gasteiger partial charge in [0, 0.05) is 11.6 Å². The van der Waals surface area contributed by atoms with Gasteiger partial charge in [0.15, 0.2) is 0 Å². The Labute approximate surface area is 129 Å². The van der Waals surface area contributed by atoms with Crippen LogP contribution in [-0.4, -0.2) is 42.4 Å². The molecule has 1 N–H and O–H groups in total. The van der Waals surface area contributed by atoms with Gasteiger partial charge < -0.3 is 9.84 Å². The summed E-state index contributed by atoms with van der Waals surface area (Å²) in [4.78, 5) is 1.89. The van der Waals surface area contributed by atoms with E-state index < -0.39 is 6.10 Å². The molecule has 110 valence electrons. The first-order valence-corrected chi connectivity index (χ1v) is 7.17. The molecule has 0 aliphatic rings. The minimum absolute atomic E-state index is 0.118. The summed E-state index contributed by atoms with van der Waals surface area (Å²) >= 11 is 11.8. The quantitative estimate of drug-likeness (QED) is 0.749. The van der Waals surface area contributed by atoms with E-state index in [0.29, 0.717) is 28.9 Å². The maximum Gasteiger partial charge on any atom is 0.138 e. The fourth-order valence-corrected chi connectivity index (χ4v) is 2.24. The van der Waals surface area contributed by atoms with Gasteiger partial charge in [-0.15, -0.1) is 0 Å². The van der Waals surface area contributed by atoms with Crippen molar-refractivity contribution in [2.24, 2.45) is 0 Å². The number of hydrogen-bond donors (Lipinski definition) is 1. The molecule has 0 spiro atoms. The van der Waals surface area contributed by atoms with E-state index in [0.717, 1.165) is 13.0 Å². The summed E-state index contributed by atoms with van der Waals surface area (Å²) in [6.07, 6.45) is 0.250. The molecule has 0 fully saturated rings. The van der Waals surface area contributed by atoms with E-state index in [1.165, 1.54) is 0 Å². The van der Waals surface area contributed by atoms with Crippen molar-refractivity contribution in [2.45, 2.75) is 19.4 Å². The second-order valence-electron chi connectivity index (χ2n) is 4.43. The van der Waals surface area contributed by atoms with Gasteiger partial charge in [-0.2, -0.15) is 5.26 Å². The summed E-state index contributed by atoms with van der Waals surface area (Å²) in [5.41, 5.74) is 0. The highest BCUT2D eigenvalue weighted by Gasteiger charge is 2.12. The van der Waals surface area contributed by atoms with Crippen LogP contribution in [0.25, 0.3) is 0 Å². The molecule has 0 aliphatic carbocycles. The molecule has 1 aromatic carbocycles. The lowest BCUT2D eigenvalue weighted by Crippen LogP contribution is -2.36. The van der Waals surface area contributed by atoms with Crippen LogP contribution in [0.2, 0.25) is 10.0 Å². The zero-order chi connectivity index (χ0) is 15.0. The van der Waals surface area contributed by atoms with E-state index in [-0.39, 0.29) is 6.61 Å². The Morgan fingerprint density at radius 3 is 2.80 bits per heavy atom. The van der Waals surface area contributed by atoms with Crippen LogP contribution in [0.15, 0.2) is 18.2 Å². The van der Waals surface area contributed by atoms with Crippen molar-refractivity contribution in [1.29, 1.82) is 5.26 Å². The first-order chi connectivity index (χ1) is 9.56. The number of hydrogen-bond acceptors (Lipinski definition) is 4. The van der Waals surface area contributed by atoms with Gasteiger partial charge in [0.05, 0.1) is 17.6 Å². The number of nitriles is 1. The van der Waals surface area contributed by atoms with Crippen molar-refractivity contribution in [3.8, 4) is 11.8 Å². The maximum absolute atomic E-state index is 9.93. The van der Waals surface area contributed by atoms with Crippen LogP contribution in [0.5, 0.6) is 5.75 Å². The molecule has 4 nitrogen and oxygen atoms in total. The van der Waals surface area contributed by atoms with Crippen LogP contribution in [0, 0.1) is 11.3 Å². The van der Waals surface area contributed by atoms with Gasteiger partial charge in [0.1, 0.15) is 18.5 Å². The third kappa shape index (κ3) is 5.98. The molecular formula is C14H18Cl2N2O2. The minimum Gasteiger partial charge on any atom is -0.489 e. The largest absolute Gasteiger partial charge is 0.489 e. The maximum atomic E-state index is 9.93. The Morgan fingerprint density at radius 2 is 2.20 bits per heavy atom. The highest BCUT2D eigenvalue weighted by molar-refractivity contribution is 6.35. The number of ether oxygens (including phenoxy) is 1. The van der Waals surface area contributed by atoms with Gasteiger partial charge in [-0.3, -0.25) is 4.90 Å². The first-order valence-electron chi connectivity index (χ1n) is 6.42. The SMILES string of the molecule is CCCN(CC#N)CC(O)COc1ccc(Cl)cc1Cl. The third-order valence-corrected chi connectivity index (χ3v) is 3.16. The number of nitrogens with zero attached hydrogens (tertiary/aromatic N) is 2. The van der Waals surface area contributed by atoms with Gasteiger partial charge in [-0.25, -0.2) is 0 Å². The molecular weight excluding hydrogens is 299 g/mol. The highest BCUT2D eigenvalue weighted by atomic mass is 35.5. The Morgan fingerprint density at radius 1 is 1.45 bits per heavy atom. The fourth-order valence-electron chi connectivity index (χ4n) is 1.78. The summed E-state index contributed by atoms with van der Waals surface area (Å²) in [6, 6.07) is 7.01. The molecule has 1 unspecified atom stereocenters. The zero-order valence-electron chi connectivity index (χ0n) is 11.4. The molecule has 1 rings (SSSR count). The minimum atomic E-state index is -0.679. The Hall–Kier alpha value is -0.990. The molecule has 0 radical (unpaired) electrons. The van der Waals surface area contributed by atoms with Gasteiger partial charge >= 0.3 is 0 Å². The third-order valence-electron chi connectivity index (χ3n) is 2.63. The second-order valence-corrected chi connectivity index (χ2v) is 5.28. The average Bonchev–Trinajstić information content (AvgIpc) is 2.38. The molecule has 0 bridgehead atoms. The van der Waals surface area contributed by atoms with Crippen molar-refractivity contribution >= 4 is 23.2 Å². The number of rotatable bonds is 8. The lowest BCUT2D eigenvalue weighted by molar-refractivity contribution is 0.0725. The van der Waals surface area contributed by atoms with Crippen molar-refractivity contribution in [3.05, 3.63) is 28.2 Å². The highest BCUT2D eigenvalue weighted by Crippen LogP contribution is 2.27. The second kappa shape index (κ2) is 9.04. The smallest absolute Gasteiger partial charge is 0.138 e. The van der Waals surface area contributed by atoms with E-state index in [4.69, 9.17) is 33.2 Å². The molecule has 0 heterocycles. The molecule has 20 heavy (non-hydrogen) atoms. The van der Waals surface area contributed by atoms with Gasteiger partial charge in [0.25, 0.3) is 0 Å². The molecule has 1 atom stereocenters. The Kier molecular flexibility index (Phi) is 7.71. The summed E-state index contributed by atoms with van der Waals surface area (Å²) in [5, 5.41) is 19.6. The Bertz CT molecular complexity index is 463. The van der Waals surface area contributed by atoms with E-state index >= 15 is 0 Å². The van der Waals surface area contributed by atoms with Crippen molar-refractivity contribution in [1.82, 2.24) is 4.90 Å². The monoisotopic (exact) mass is 316 g/mol. The van der Waals surface area contributed by atoms with Crippen molar-refractivity contribution in [2.75, 3.05) is 26.2 Å². The van der Waals surface area contributed by atoms with Gasteiger partial charge in [-0.05, 0) is 31.2 Å². The summed E-state index contributed by atoms with van der Waals surface area (Å²) in [6.45, 7) is 3.61. The molecule has 6 heteroatoms. The summed E-state index contributed by atoms with van der Waals surface area (Å²) < 4.78 is 5.46. The van der Waals surface area contributed by atoms with Crippen molar-refractivity contribution in [3.63, 3.8) is 0 Å². The molecule has 0 amide bonds. The number of aliphatic hydroxyl groups is 1. The van der Waals surface area contributed by atoms with Crippen LogP contribution < -0.4 is 4.74 Å². The first kappa shape index (κ1) is 17.1. The van der Waals surface area contributed by atoms with Crippen molar-refractivity contribution < 1.29 is 9.84 Å². The van der Waals surface area contributed by atoms with Gasteiger partial charge in [0.2, 0.25) is 0 Å². The standard InChI is InChI=1S/C14H18Cl2N2O2/c1-2-6-18(7-5-17)9-12(19)10-20-14-4-3-11(15)8-13(14)16/h3-4,8,12,19H,2,6-7,9-10H2,1H3. The Balaban J connectivity index is 2.45. The van der Waals surface area contributed by atoms with E-state index in [1.54, 1.807) is 18.2 Å². The lowest BCUT2D eigenvalue weighted by Gasteiger charge is -2.22. The number of halogens is 2. The average molecular weight is 317 g/mol. The van der Waals surface area contributed by atoms with E-state index in [9.17, 15) is 5.11 Å². The number of aliphatic hydroxyl groups excluding tert-OH is 1. The van der Waals surface area contributed by atoms with Crippen LogP contribution in [0.3, 0.4) is 0 Å². The molecule has 0 saturated heterocycles. The van der Waals surface area contributed by atoms with Crippen LogP contribution in [0.4, 0.5) is 0 Å². The number of benzene rings is 1. The van der Waals surface area contributed by atoms with Crippen LogP contribution >= 0.6 is 23.2 Å². The topological polar surface area (TPSA) is 56.5 Å². The molecule has 1 aromatic rings. The summed E-state index contributed by atoms with van der Waals surface area (Å²) in [7, 11) is 0. The fraction of sp³-hybridized carbons (Fsp3) is 0.500. The van der Waals surface area contributed by atoms with Gasteiger partial charge in [-0.1, -0.05) is 30.1 Å². The van der Waals surface area contributed by atoms with E-state index in [1.807, 2.05) is 11.8 Å². The predicted octanol–water partition coefficient (Wildman–Crippen LogP) is 2.97. The molecule has 0 saturated carbocycles. The normalized spacial score (nSPS) is 12.2. The summed E-state index contributed by atoms with van der Waals surface area (Å²) in [5.74, 6) is 0.484. The molecule has 0 aliphatic heterocycles. The predicted molar refractivity (Wildman–Crippen MR) is 80.3 cm³/mol. The van der Waals surface area contributed by atoms with Crippen LogP contribution in [-0.2, 0) is 0 Å².